The zero-order valence-electron chi connectivity index (χ0n) is 14.5. The largest absolute Gasteiger partial charge is 0.393 e. The van der Waals surface area contributed by atoms with Crippen molar-refractivity contribution >= 4 is 16.8 Å². The van der Waals surface area contributed by atoms with Crippen LogP contribution in [0.3, 0.4) is 0 Å². The highest BCUT2D eigenvalue weighted by molar-refractivity contribution is 5.80. The van der Waals surface area contributed by atoms with E-state index in [1.807, 2.05) is 17.0 Å². The van der Waals surface area contributed by atoms with E-state index in [1.54, 1.807) is 0 Å². The molecule has 2 fully saturated rings. The van der Waals surface area contributed by atoms with Gasteiger partial charge in [-0.25, -0.2) is 0 Å². The number of hydrogen-bond acceptors (Lipinski definition) is 3. The highest BCUT2D eigenvalue weighted by Crippen LogP contribution is 2.32. The summed E-state index contributed by atoms with van der Waals surface area (Å²) in [6, 6.07) is 10.4. The fourth-order valence-electron chi connectivity index (χ4n) is 4.40. The summed E-state index contributed by atoms with van der Waals surface area (Å²) in [6.45, 7) is 2.47. The molecule has 0 radical (unpaired) electrons. The molecule has 1 aliphatic heterocycles. The molecule has 1 aliphatic carbocycles. The van der Waals surface area contributed by atoms with Gasteiger partial charge >= 0.3 is 0 Å². The number of rotatable bonds is 4. The molecule has 1 aromatic heterocycles. The molecule has 2 aromatic rings. The lowest BCUT2D eigenvalue weighted by molar-refractivity contribution is -0.144. The molecule has 5 nitrogen and oxygen atoms in total. The van der Waals surface area contributed by atoms with E-state index < -0.39 is 0 Å². The first-order valence-electron chi connectivity index (χ1n) is 9.33. The van der Waals surface area contributed by atoms with Crippen molar-refractivity contribution in [2.24, 2.45) is 5.92 Å². The summed E-state index contributed by atoms with van der Waals surface area (Å²) in [5.41, 5.74) is 1.17. The van der Waals surface area contributed by atoms with Crippen LogP contribution in [0, 0.1) is 5.92 Å². The Labute approximate surface area is 148 Å². The van der Waals surface area contributed by atoms with Gasteiger partial charge in [0, 0.05) is 37.1 Å². The monoisotopic (exact) mass is 342 g/mol. The number of aryl methyl sites for hydroxylation is 1. The molecule has 1 amide bonds. The molecule has 2 heterocycles. The van der Waals surface area contributed by atoms with Crippen LogP contribution in [0.15, 0.2) is 36.5 Å². The third kappa shape index (κ3) is 3.31. The van der Waals surface area contributed by atoms with Crippen molar-refractivity contribution in [2.45, 2.75) is 44.4 Å². The van der Waals surface area contributed by atoms with E-state index in [0.29, 0.717) is 32.7 Å². The number of para-hydroxylation sites is 1. The third-order valence-corrected chi connectivity index (χ3v) is 5.76. The minimum absolute atomic E-state index is 0.0279. The average molecular weight is 342 g/mol. The molecule has 1 saturated carbocycles. The second-order valence-electron chi connectivity index (χ2n) is 7.21. The van der Waals surface area contributed by atoms with Crippen molar-refractivity contribution in [1.82, 2.24) is 9.47 Å². The molecule has 1 aromatic carbocycles. The van der Waals surface area contributed by atoms with Gasteiger partial charge in [0.25, 0.3) is 0 Å². The standard InChI is InChI=1S/C20H26N2O3/c23-19-7-3-5-16(19)18-14-25-13-12-22(18)20(24)9-11-21-10-8-15-4-1-2-6-17(15)21/h1-2,4,6,8,10,16,18-19,23H,3,5,7,9,11-14H2/t16-,18-,19+/m1/s1. The minimum Gasteiger partial charge on any atom is -0.393 e. The second-order valence-corrected chi connectivity index (χ2v) is 7.21. The predicted octanol–water partition coefficient (Wildman–Crippen LogP) is 2.42. The molecule has 0 unspecified atom stereocenters. The molecular formula is C20H26N2O3. The second kappa shape index (κ2) is 7.18. The molecule has 0 bridgehead atoms. The Morgan fingerprint density at radius 2 is 2.12 bits per heavy atom. The summed E-state index contributed by atoms with van der Waals surface area (Å²) in [7, 11) is 0. The summed E-state index contributed by atoms with van der Waals surface area (Å²) >= 11 is 0. The minimum atomic E-state index is -0.296. The van der Waals surface area contributed by atoms with E-state index >= 15 is 0 Å². The Kier molecular flexibility index (Phi) is 4.77. The lowest BCUT2D eigenvalue weighted by atomic mass is 9.94. The summed E-state index contributed by atoms with van der Waals surface area (Å²) in [4.78, 5) is 14.8. The Hall–Kier alpha value is -1.85. The van der Waals surface area contributed by atoms with Crippen LogP contribution in [-0.4, -0.2) is 52.4 Å². The maximum absolute atomic E-state index is 12.9. The number of nitrogens with zero attached hydrogens (tertiary/aromatic N) is 2. The summed E-state index contributed by atoms with van der Waals surface area (Å²) in [6.07, 6.45) is 5.11. The van der Waals surface area contributed by atoms with Gasteiger partial charge in [-0.05, 0) is 30.4 Å². The number of benzene rings is 1. The Balaban J connectivity index is 1.44. The number of carbonyl (C=O) groups excluding carboxylic acids is 1. The fourth-order valence-corrected chi connectivity index (χ4v) is 4.40. The van der Waals surface area contributed by atoms with Crippen molar-refractivity contribution in [1.29, 1.82) is 0 Å². The Morgan fingerprint density at radius 1 is 1.24 bits per heavy atom. The van der Waals surface area contributed by atoms with Crippen LogP contribution in [0.4, 0.5) is 0 Å². The Morgan fingerprint density at radius 3 is 2.96 bits per heavy atom. The smallest absolute Gasteiger partial charge is 0.224 e. The molecule has 4 rings (SSSR count). The van der Waals surface area contributed by atoms with Crippen molar-refractivity contribution in [2.75, 3.05) is 19.8 Å². The molecule has 0 spiro atoms. The zero-order valence-corrected chi connectivity index (χ0v) is 14.5. The summed E-state index contributed by atoms with van der Waals surface area (Å²) < 4.78 is 7.77. The zero-order chi connectivity index (χ0) is 17.2. The topological polar surface area (TPSA) is 54.7 Å². The lowest BCUT2D eigenvalue weighted by Gasteiger charge is -2.40. The van der Waals surface area contributed by atoms with Gasteiger partial charge < -0.3 is 19.3 Å². The molecule has 2 aliphatic rings. The number of aromatic nitrogens is 1. The van der Waals surface area contributed by atoms with Crippen LogP contribution in [0.1, 0.15) is 25.7 Å². The predicted molar refractivity (Wildman–Crippen MR) is 96.2 cm³/mol. The number of carbonyl (C=O) groups is 1. The van der Waals surface area contributed by atoms with Crippen molar-refractivity contribution in [3.63, 3.8) is 0 Å². The first kappa shape index (κ1) is 16.6. The van der Waals surface area contributed by atoms with Gasteiger partial charge in [-0.1, -0.05) is 24.6 Å². The van der Waals surface area contributed by atoms with E-state index in [2.05, 4.69) is 29.0 Å². The van der Waals surface area contributed by atoms with Crippen LogP contribution in [-0.2, 0) is 16.1 Å². The summed E-state index contributed by atoms with van der Waals surface area (Å²) in [5.74, 6) is 0.335. The fraction of sp³-hybridized carbons (Fsp3) is 0.550. The number of morpholine rings is 1. The van der Waals surface area contributed by atoms with Crippen LogP contribution in [0.2, 0.25) is 0 Å². The molecule has 3 atom stereocenters. The van der Waals surface area contributed by atoms with E-state index in [4.69, 9.17) is 4.74 Å². The van der Waals surface area contributed by atoms with Crippen molar-refractivity contribution < 1.29 is 14.6 Å². The van der Waals surface area contributed by atoms with Crippen LogP contribution < -0.4 is 0 Å². The maximum Gasteiger partial charge on any atom is 0.224 e. The number of hydrogen-bond donors (Lipinski definition) is 1. The quantitative estimate of drug-likeness (QED) is 0.928. The van der Waals surface area contributed by atoms with Crippen molar-refractivity contribution in [3.05, 3.63) is 36.5 Å². The van der Waals surface area contributed by atoms with Gasteiger partial charge in [0.1, 0.15) is 0 Å². The van der Waals surface area contributed by atoms with E-state index in [1.165, 1.54) is 10.9 Å². The van der Waals surface area contributed by atoms with E-state index in [-0.39, 0.29) is 24.0 Å². The van der Waals surface area contributed by atoms with Gasteiger partial charge in [0.05, 0.1) is 25.4 Å². The third-order valence-electron chi connectivity index (χ3n) is 5.76. The van der Waals surface area contributed by atoms with Crippen LogP contribution in [0.25, 0.3) is 10.9 Å². The average Bonchev–Trinajstić information content (AvgIpc) is 3.26. The number of aliphatic hydroxyl groups excluding tert-OH is 1. The lowest BCUT2D eigenvalue weighted by Crippen LogP contribution is -2.53. The highest BCUT2D eigenvalue weighted by atomic mass is 16.5. The van der Waals surface area contributed by atoms with E-state index in [0.717, 1.165) is 19.3 Å². The summed E-state index contributed by atoms with van der Waals surface area (Å²) in [5, 5.41) is 11.4. The first-order valence-corrected chi connectivity index (χ1v) is 9.33. The molecule has 25 heavy (non-hydrogen) atoms. The van der Waals surface area contributed by atoms with Crippen LogP contribution in [0.5, 0.6) is 0 Å². The number of fused-ring (bicyclic) bond motifs is 1. The number of ether oxygens (including phenoxy) is 1. The molecular weight excluding hydrogens is 316 g/mol. The highest BCUT2D eigenvalue weighted by Gasteiger charge is 2.39. The SMILES string of the molecule is O=C(CCn1ccc2ccccc21)N1CCOC[C@@H]1[C@H]1CCC[C@@H]1O. The molecule has 1 saturated heterocycles. The van der Waals surface area contributed by atoms with Crippen molar-refractivity contribution in [3.8, 4) is 0 Å². The number of aliphatic hydroxyl groups is 1. The molecule has 5 heteroatoms. The Bertz CT molecular complexity index is 741. The maximum atomic E-state index is 12.9. The van der Waals surface area contributed by atoms with Crippen LogP contribution >= 0.6 is 0 Å². The van der Waals surface area contributed by atoms with Gasteiger partial charge in [0.15, 0.2) is 0 Å². The van der Waals surface area contributed by atoms with Gasteiger partial charge in [-0.2, -0.15) is 0 Å². The van der Waals surface area contributed by atoms with Gasteiger partial charge in [-0.15, -0.1) is 0 Å². The van der Waals surface area contributed by atoms with Gasteiger partial charge in [0.2, 0.25) is 5.91 Å². The first-order chi connectivity index (χ1) is 12.2. The molecule has 134 valence electrons. The van der Waals surface area contributed by atoms with Gasteiger partial charge in [-0.3, -0.25) is 4.79 Å². The normalized spacial score (nSPS) is 27.1. The number of amides is 1. The molecule has 1 N–H and O–H groups in total. The van der Waals surface area contributed by atoms with E-state index in [9.17, 15) is 9.90 Å².